The minimum atomic E-state index is 0.0368. The van der Waals surface area contributed by atoms with Crippen molar-refractivity contribution in [3.63, 3.8) is 0 Å². The van der Waals surface area contributed by atoms with Crippen LogP contribution in [-0.4, -0.2) is 41.2 Å². The van der Waals surface area contributed by atoms with Gasteiger partial charge in [-0.3, -0.25) is 9.59 Å². The molecule has 0 spiro atoms. The van der Waals surface area contributed by atoms with Crippen LogP contribution in [0.1, 0.15) is 84.2 Å². The largest absolute Gasteiger partial charge is 0.339 e. The first-order chi connectivity index (χ1) is 16.0. The first-order valence-electron chi connectivity index (χ1n) is 12.4. The van der Waals surface area contributed by atoms with Gasteiger partial charge < -0.3 is 9.80 Å². The Morgan fingerprint density at radius 2 is 1.76 bits per heavy atom. The van der Waals surface area contributed by atoms with Crippen LogP contribution in [0.2, 0.25) is 0 Å². The van der Waals surface area contributed by atoms with Crippen LogP contribution in [0.25, 0.3) is 0 Å². The minimum Gasteiger partial charge on any atom is -0.339 e. The van der Waals surface area contributed by atoms with Gasteiger partial charge in [0.25, 0.3) is 5.91 Å². The molecule has 1 amide bonds. The maximum atomic E-state index is 13.1. The number of anilines is 2. The number of amides is 1. The number of aromatic nitrogens is 1. The number of aryl methyl sites for hydroxylation is 2. The van der Waals surface area contributed by atoms with Crippen LogP contribution in [0.4, 0.5) is 11.5 Å². The Morgan fingerprint density at radius 1 is 1.00 bits per heavy atom. The number of carbonyl (C=O) groups is 2. The second-order valence-electron chi connectivity index (χ2n) is 9.15. The zero-order chi connectivity index (χ0) is 23.4. The van der Waals surface area contributed by atoms with Crippen LogP contribution in [0.15, 0.2) is 42.6 Å². The lowest BCUT2D eigenvalue weighted by Crippen LogP contribution is -2.32. The molecule has 1 aromatic heterocycles. The zero-order valence-corrected chi connectivity index (χ0v) is 20.0. The molecule has 0 radical (unpaired) electrons. The molecule has 174 valence electrons. The molecule has 0 N–H and O–H groups in total. The Kier molecular flexibility index (Phi) is 7.26. The molecule has 2 aliphatic heterocycles. The Hall–Kier alpha value is -2.95. The molecule has 0 aliphatic carbocycles. The Morgan fingerprint density at radius 3 is 2.45 bits per heavy atom. The number of allylic oxidation sites excluding steroid dienone is 1. The Balaban J connectivity index is 1.61. The van der Waals surface area contributed by atoms with Gasteiger partial charge in [0, 0.05) is 37.1 Å². The molecule has 1 aromatic carbocycles. The van der Waals surface area contributed by atoms with Gasteiger partial charge in [-0.1, -0.05) is 33.3 Å². The standard InChI is InChI=1S/C28H35N3O2/c1-4-20(3)26(32)25-13-12-24(18-21(25)5-2)31-16-10-11-22-17-23(19-29-27(22)31)28(33)30-14-8-6-7-9-15-30/h12-13,17-19H,3-11,14-16H2,1-2H3. The second-order valence-corrected chi connectivity index (χ2v) is 9.15. The predicted molar refractivity (Wildman–Crippen MR) is 134 cm³/mol. The maximum Gasteiger partial charge on any atom is 0.255 e. The van der Waals surface area contributed by atoms with Crippen LogP contribution < -0.4 is 4.90 Å². The quantitative estimate of drug-likeness (QED) is 0.411. The highest BCUT2D eigenvalue weighted by atomic mass is 16.2. The summed E-state index contributed by atoms with van der Waals surface area (Å²) < 4.78 is 0. The van der Waals surface area contributed by atoms with Crippen molar-refractivity contribution >= 4 is 23.2 Å². The smallest absolute Gasteiger partial charge is 0.255 e. The second kappa shape index (κ2) is 10.3. The lowest BCUT2D eigenvalue weighted by molar-refractivity contribution is 0.0761. The lowest BCUT2D eigenvalue weighted by Gasteiger charge is -2.31. The van der Waals surface area contributed by atoms with Crippen molar-refractivity contribution in [3.05, 3.63) is 64.9 Å². The van der Waals surface area contributed by atoms with Crippen molar-refractivity contribution < 1.29 is 9.59 Å². The van der Waals surface area contributed by atoms with Crippen LogP contribution in [0, 0.1) is 0 Å². The molecule has 2 aliphatic rings. The summed E-state index contributed by atoms with van der Waals surface area (Å²) in [6.45, 7) is 10.5. The summed E-state index contributed by atoms with van der Waals surface area (Å²) in [5, 5.41) is 0. The van der Waals surface area contributed by atoms with E-state index in [-0.39, 0.29) is 11.7 Å². The normalized spacial score (nSPS) is 16.2. The number of hydrogen-bond donors (Lipinski definition) is 0. The summed E-state index contributed by atoms with van der Waals surface area (Å²) >= 11 is 0. The monoisotopic (exact) mass is 445 g/mol. The van der Waals surface area contributed by atoms with E-state index in [1.54, 1.807) is 6.20 Å². The van der Waals surface area contributed by atoms with Gasteiger partial charge in [-0.25, -0.2) is 4.98 Å². The lowest BCUT2D eigenvalue weighted by atomic mass is 9.95. The third kappa shape index (κ3) is 4.87. The highest BCUT2D eigenvalue weighted by Gasteiger charge is 2.24. The molecule has 2 aromatic rings. The van der Waals surface area contributed by atoms with Crippen molar-refractivity contribution in [1.82, 2.24) is 9.88 Å². The maximum absolute atomic E-state index is 13.1. The summed E-state index contributed by atoms with van der Waals surface area (Å²) in [4.78, 5) is 34.8. The van der Waals surface area contributed by atoms with E-state index < -0.39 is 0 Å². The number of likely N-dealkylation sites (tertiary alicyclic amines) is 1. The van der Waals surface area contributed by atoms with Gasteiger partial charge in [-0.05, 0) is 79.5 Å². The van der Waals surface area contributed by atoms with Gasteiger partial charge >= 0.3 is 0 Å². The van der Waals surface area contributed by atoms with E-state index in [1.807, 2.05) is 30.0 Å². The average molecular weight is 446 g/mol. The fourth-order valence-electron chi connectivity index (χ4n) is 4.90. The molecule has 5 nitrogen and oxygen atoms in total. The van der Waals surface area contributed by atoms with Crippen LogP contribution in [0.3, 0.4) is 0 Å². The van der Waals surface area contributed by atoms with Gasteiger partial charge in [-0.15, -0.1) is 0 Å². The van der Waals surface area contributed by atoms with E-state index in [0.29, 0.717) is 17.6 Å². The minimum absolute atomic E-state index is 0.0368. The van der Waals surface area contributed by atoms with Crippen molar-refractivity contribution in [3.8, 4) is 0 Å². The summed E-state index contributed by atoms with van der Waals surface area (Å²) in [5.41, 5.74) is 5.30. The number of rotatable bonds is 6. The first kappa shape index (κ1) is 23.2. The van der Waals surface area contributed by atoms with Crippen molar-refractivity contribution in [2.45, 2.75) is 65.2 Å². The number of benzene rings is 1. The van der Waals surface area contributed by atoms with E-state index in [4.69, 9.17) is 4.98 Å². The predicted octanol–water partition coefficient (Wildman–Crippen LogP) is 5.89. The molecule has 5 heteroatoms. The van der Waals surface area contributed by atoms with Crippen LogP contribution in [-0.2, 0) is 12.8 Å². The highest BCUT2D eigenvalue weighted by molar-refractivity contribution is 6.09. The Bertz CT molecular complexity index is 1050. The molecule has 4 rings (SSSR count). The van der Waals surface area contributed by atoms with E-state index in [0.717, 1.165) is 79.9 Å². The molecule has 0 unspecified atom stereocenters. The van der Waals surface area contributed by atoms with E-state index >= 15 is 0 Å². The Labute approximate surface area is 197 Å². The van der Waals surface area contributed by atoms with E-state index in [2.05, 4.69) is 24.5 Å². The molecular formula is C28H35N3O2. The topological polar surface area (TPSA) is 53.5 Å². The molecule has 1 fully saturated rings. The zero-order valence-electron chi connectivity index (χ0n) is 20.0. The fraction of sp³-hybridized carbons (Fsp3) is 0.464. The van der Waals surface area contributed by atoms with Gasteiger partial charge in [0.1, 0.15) is 5.82 Å². The molecule has 0 bridgehead atoms. The number of ketones is 1. The molecule has 33 heavy (non-hydrogen) atoms. The number of hydrogen-bond acceptors (Lipinski definition) is 4. The van der Waals surface area contributed by atoms with Gasteiger partial charge in [0.05, 0.1) is 5.56 Å². The summed E-state index contributed by atoms with van der Waals surface area (Å²) in [6.07, 6.45) is 9.70. The van der Waals surface area contributed by atoms with E-state index in [1.165, 1.54) is 12.8 Å². The number of pyridine rings is 1. The third-order valence-corrected chi connectivity index (χ3v) is 6.94. The van der Waals surface area contributed by atoms with Crippen LogP contribution in [0.5, 0.6) is 0 Å². The van der Waals surface area contributed by atoms with Crippen molar-refractivity contribution in [1.29, 1.82) is 0 Å². The number of Topliss-reactive ketones (excluding diaryl/α,β-unsaturated/α-hetero) is 1. The average Bonchev–Trinajstić information content (AvgIpc) is 3.16. The SMILES string of the molecule is C=C(CC)C(=O)c1ccc(N2CCCc3cc(C(=O)N4CCCCCC4)cnc32)cc1CC. The highest BCUT2D eigenvalue weighted by Crippen LogP contribution is 2.34. The number of nitrogens with zero attached hydrogens (tertiary/aromatic N) is 3. The van der Waals surface area contributed by atoms with Crippen LogP contribution >= 0.6 is 0 Å². The van der Waals surface area contributed by atoms with Gasteiger partial charge in [0.2, 0.25) is 0 Å². The van der Waals surface area contributed by atoms with Crippen molar-refractivity contribution in [2.75, 3.05) is 24.5 Å². The molecule has 0 atom stereocenters. The number of fused-ring (bicyclic) bond motifs is 1. The summed E-state index contributed by atoms with van der Waals surface area (Å²) in [6, 6.07) is 8.11. The van der Waals surface area contributed by atoms with Gasteiger partial charge in [0.15, 0.2) is 5.78 Å². The molecule has 1 saturated heterocycles. The summed E-state index contributed by atoms with van der Waals surface area (Å²) in [5.74, 6) is 1.07. The third-order valence-electron chi connectivity index (χ3n) is 6.94. The van der Waals surface area contributed by atoms with Gasteiger partial charge in [-0.2, -0.15) is 0 Å². The molecular weight excluding hydrogens is 410 g/mol. The van der Waals surface area contributed by atoms with Crippen molar-refractivity contribution in [2.24, 2.45) is 0 Å². The fourth-order valence-corrected chi connectivity index (χ4v) is 4.90. The molecule has 0 saturated carbocycles. The summed E-state index contributed by atoms with van der Waals surface area (Å²) in [7, 11) is 0. The number of carbonyl (C=O) groups excluding carboxylic acids is 2. The van der Waals surface area contributed by atoms with E-state index in [9.17, 15) is 9.59 Å². The first-order valence-corrected chi connectivity index (χ1v) is 12.4. The molecule has 3 heterocycles.